The Morgan fingerprint density at radius 3 is 2.64 bits per heavy atom. The summed E-state index contributed by atoms with van der Waals surface area (Å²) in [5.74, 6) is -0.723. The number of nitrogens with zero attached hydrogens (tertiary/aromatic N) is 4. The Bertz CT molecular complexity index is 796. The number of benzene rings is 1. The number of nitriles is 1. The third-order valence-electron chi connectivity index (χ3n) is 4.25. The summed E-state index contributed by atoms with van der Waals surface area (Å²) in [6.07, 6.45) is 2.15. The van der Waals surface area contributed by atoms with Crippen molar-refractivity contribution in [2.24, 2.45) is 0 Å². The van der Waals surface area contributed by atoms with E-state index in [4.69, 9.17) is 9.72 Å². The third-order valence-corrected chi connectivity index (χ3v) is 4.25. The average molecular weight is 339 g/mol. The SMILES string of the molecule is COCCNC(=O)C(C#N)c1nc2ccccc2nc1N1CCCC1. The first-order chi connectivity index (χ1) is 12.2. The zero-order chi connectivity index (χ0) is 17.6. The van der Waals surface area contributed by atoms with Gasteiger partial charge in [0, 0.05) is 26.7 Å². The minimum atomic E-state index is -0.996. The fraction of sp³-hybridized carbons (Fsp3) is 0.444. The lowest BCUT2D eigenvalue weighted by atomic mass is 10.0. The molecule has 0 aliphatic carbocycles. The fourth-order valence-electron chi connectivity index (χ4n) is 2.98. The van der Waals surface area contributed by atoms with Crippen molar-refractivity contribution >= 4 is 22.8 Å². The van der Waals surface area contributed by atoms with E-state index in [9.17, 15) is 10.1 Å². The van der Waals surface area contributed by atoms with Gasteiger partial charge in [0.15, 0.2) is 11.7 Å². The number of hydrogen-bond acceptors (Lipinski definition) is 6. The second-order valence-electron chi connectivity index (χ2n) is 5.96. The lowest BCUT2D eigenvalue weighted by molar-refractivity contribution is -0.121. The molecule has 0 bridgehead atoms. The summed E-state index contributed by atoms with van der Waals surface area (Å²) in [6.45, 7) is 2.48. The molecule has 1 atom stereocenters. The number of ether oxygens (including phenoxy) is 1. The van der Waals surface area contributed by atoms with Crippen LogP contribution in [0.25, 0.3) is 11.0 Å². The largest absolute Gasteiger partial charge is 0.383 e. The van der Waals surface area contributed by atoms with Crippen molar-refractivity contribution < 1.29 is 9.53 Å². The zero-order valence-electron chi connectivity index (χ0n) is 14.2. The van der Waals surface area contributed by atoms with Crippen LogP contribution < -0.4 is 10.2 Å². The maximum absolute atomic E-state index is 12.5. The van der Waals surface area contributed by atoms with Crippen LogP contribution in [-0.4, -0.2) is 49.2 Å². The number of nitrogens with one attached hydrogen (secondary N) is 1. The van der Waals surface area contributed by atoms with Gasteiger partial charge in [0.2, 0.25) is 5.91 Å². The van der Waals surface area contributed by atoms with E-state index < -0.39 is 5.92 Å². The number of carbonyl (C=O) groups excluding carboxylic acids is 1. The van der Waals surface area contributed by atoms with Crippen LogP contribution >= 0.6 is 0 Å². The molecule has 1 N–H and O–H groups in total. The molecule has 1 unspecified atom stereocenters. The molecule has 0 saturated carbocycles. The highest BCUT2D eigenvalue weighted by Crippen LogP contribution is 2.29. The molecule has 1 aliphatic rings. The van der Waals surface area contributed by atoms with Gasteiger partial charge in [-0.1, -0.05) is 12.1 Å². The zero-order valence-corrected chi connectivity index (χ0v) is 14.2. The summed E-state index contributed by atoms with van der Waals surface area (Å²) in [5.41, 5.74) is 1.88. The molecule has 7 heteroatoms. The number of anilines is 1. The fourth-order valence-corrected chi connectivity index (χ4v) is 2.98. The maximum atomic E-state index is 12.5. The van der Waals surface area contributed by atoms with Crippen molar-refractivity contribution in [2.75, 3.05) is 38.3 Å². The predicted octanol–water partition coefficient (Wildman–Crippen LogP) is 1.60. The van der Waals surface area contributed by atoms with Gasteiger partial charge in [0.1, 0.15) is 5.69 Å². The van der Waals surface area contributed by atoms with Gasteiger partial charge in [-0.2, -0.15) is 5.26 Å². The quantitative estimate of drug-likeness (QED) is 0.804. The van der Waals surface area contributed by atoms with Crippen molar-refractivity contribution in [1.29, 1.82) is 5.26 Å². The first-order valence-corrected chi connectivity index (χ1v) is 8.42. The Hall–Kier alpha value is -2.72. The molecule has 1 aromatic heterocycles. The van der Waals surface area contributed by atoms with E-state index in [-0.39, 0.29) is 5.91 Å². The molecule has 130 valence electrons. The molecule has 2 heterocycles. The molecule has 7 nitrogen and oxygen atoms in total. The van der Waals surface area contributed by atoms with E-state index in [2.05, 4.69) is 21.3 Å². The van der Waals surface area contributed by atoms with Gasteiger partial charge in [0.05, 0.1) is 23.7 Å². The van der Waals surface area contributed by atoms with Crippen LogP contribution in [-0.2, 0) is 9.53 Å². The molecule has 0 spiro atoms. The number of hydrogen-bond donors (Lipinski definition) is 1. The second kappa shape index (κ2) is 7.90. The van der Waals surface area contributed by atoms with E-state index >= 15 is 0 Å². The van der Waals surface area contributed by atoms with Crippen LogP contribution in [0.3, 0.4) is 0 Å². The minimum absolute atomic E-state index is 0.355. The Morgan fingerprint density at radius 2 is 2.00 bits per heavy atom. The van der Waals surface area contributed by atoms with Crippen molar-refractivity contribution in [2.45, 2.75) is 18.8 Å². The summed E-state index contributed by atoms with van der Waals surface area (Å²) in [6, 6.07) is 9.61. The molecule has 1 saturated heterocycles. The van der Waals surface area contributed by atoms with Crippen molar-refractivity contribution in [3.8, 4) is 6.07 Å². The highest BCUT2D eigenvalue weighted by Gasteiger charge is 2.29. The Kier molecular flexibility index (Phi) is 5.41. The molecule has 0 radical (unpaired) electrons. The number of carbonyl (C=O) groups is 1. The lowest BCUT2D eigenvalue weighted by Gasteiger charge is -2.21. The first-order valence-electron chi connectivity index (χ1n) is 8.42. The number of rotatable bonds is 6. The average Bonchev–Trinajstić information content (AvgIpc) is 3.16. The van der Waals surface area contributed by atoms with E-state index in [1.165, 1.54) is 0 Å². The molecule has 1 aliphatic heterocycles. The molecule has 1 aromatic carbocycles. The molecule has 1 amide bonds. The van der Waals surface area contributed by atoms with Crippen LogP contribution in [0.5, 0.6) is 0 Å². The molecule has 3 rings (SSSR count). The Labute approximate surface area is 146 Å². The Balaban J connectivity index is 2.00. The first kappa shape index (κ1) is 17.1. The number of fused-ring (bicyclic) bond motifs is 1. The number of amides is 1. The number of aromatic nitrogens is 2. The monoisotopic (exact) mass is 339 g/mol. The summed E-state index contributed by atoms with van der Waals surface area (Å²) < 4.78 is 4.94. The van der Waals surface area contributed by atoms with E-state index in [1.807, 2.05) is 24.3 Å². The summed E-state index contributed by atoms with van der Waals surface area (Å²) in [7, 11) is 1.56. The smallest absolute Gasteiger partial charge is 0.243 e. The van der Waals surface area contributed by atoms with Crippen molar-refractivity contribution in [3.05, 3.63) is 30.0 Å². The molecule has 1 fully saturated rings. The number of methoxy groups -OCH3 is 1. The topological polar surface area (TPSA) is 91.1 Å². The molecule has 2 aromatic rings. The summed E-state index contributed by atoms with van der Waals surface area (Å²) >= 11 is 0. The lowest BCUT2D eigenvalue weighted by Crippen LogP contribution is -2.33. The van der Waals surface area contributed by atoms with Crippen LogP contribution in [0.2, 0.25) is 0 Å². The molecular formula is C18H21N5O2. The van der Waals surface area contributed by atoms with Crippen LogP contribution in [0.15, 0.2) is 24.3 Å². The van der Waals surface area contributed by atoms with Crippen LogP contribution in [0, 0.1) is 11.3 Å². The third kappa shape index (κ3) is 3.69. The second-order valence-corrected chi connectivity index (χ2v) is 5.96. The summed E-state index contributed by atoms with van der Waals surface area (Å²) in [5, 5.41) is 12.3. The van der Waals surface area contributed by atoms with Gasteiger partial charge < -0.3 is 15.0 Å². The minimum Gasteiger partial charge on any atom is -0.383 e. The van der Waals surface area contributed by atoms with Gasteiger partial charge >= 0.3 is 0 Å². The highest BCUT2D eigenvalue weighted by atomic mass is 16.5. The molecular weight excluding hydrogens is 318 g/mol. The van der Waals surface area contributed by atoms with E-state index in [1.54, 1.807) is 7.11 Å². The number of para-hydroxylation sites is 2. The normalized spacial score (nSPS) is 15.1. The highest BCUT2D eigenvalue weighted by molar-refractivity contribution is 5.88. The van der Waals surface area contributed by atoms with Gasteiger partial charge in [-0.05, 0) is 25.0 Å². The maximum Gasteiger partial charge on any atom is 0.243 e. The van der Waals surface area contributed by atoms with Gasteiger partial charge in [0.25, 0.3) is 0 Å². The van der Waals surface area contributed by atoms with Crippen LogP contribution in [0.1, 0.15) is 24.5 Å². The van der Waals surface area contributed by atoms with Gasteiger partial charge in [-0.15, -0.1) is 0 Å². The standard InChI is InChI=1S/C18H21N5O2/c1-25-11-8-20-18(24)13(12-19)16-17(23-9-4-5-10-23)22-15-7-3-2-6-14(15)21-16/h2-3,6-7,13H,4-5,8-11H2,1H3,(H,20,24). The van der Waals surface area contributed by atoms with Gasteiger partial charge in [-0.3, -0.25) is 4.79 Å². The van der Waals surface area contributed by atoms with E-state index in [0.29, 0.717) is 30.2 Å². The van der Waals surface area contributed by atoms with Gasteiger partial charge in [-0.25, -0.2) is 9.97 Å². The van der Waals surface area contributed by atoms with Crippen molar-refractivity contribution in [3.63, 3.8) is 0 Å². The molecule has 25 heavy (non-hydrogen) atoms. The summed E-state index contributed by atoms with van der Waals surface area (Å²) in [4.78, 5) is 23.9. The van der Waals surface area contributed by atoms with Crippen LogP contribution in [0.4, 0.5) is 5.82 Å². The van der Waals surface area contributed by atoms with Crippen molar-refractivity contribution in [1.82, 2.24) is 15.3 Å². The Morgan fingerprint density at radius 1 is 1.32 bits per heavy atom. The van der Waals surface area contributed by atoms with E-state index in [0.717, 1.165) is 31.4 Å². The predicted molar refractivity (Wildman–Crippen MR) is 94.2 cm³/mol.